The third-order valence-electron chi connectivity index (χ3n) is 4.90. The quantitative estimate of drug-likeness (QED) is 0.612. The minimum atomic E-state index is -4.66. The number of alkyl halides is 3. The van der Waals surface area contributed by atoms with Crippen LogP contribution in [0.3, 0.4) is 0 Å². The maximum absolute atomic E-state index is 13.0. The molecule has 1 heterocycles. The van der Waals surface area contributed by atoms with Crippen molar-refractivity contribution in [2.24, 2.45) is 10.5 Å². The van der Waals surface area contributed by atoms with Crippen LogP contribution in [0.15, 0.2) is 47.6 Å². The van der Waals surface area contributed by atoms with E-state index in [1.54, 1.807) is 31.2 Å². The van der Waals surface area contributed by atoms with Crippen LogP contribution >= 0.6 is 23.2 Å². The van der Waals surface area contributed by atoms with Crippen molar-refractivity contribution in [3.05, 3.63) is 63.6 Å². The standard InChI is InChI=1S/C21H18Cl2F3N3O3/c1-20(19(31)32-2)11-29(28-18(20)12-3-5-13(22)6-4-12)10-17(30)27-14-7-8-16(23)15(9-14)21(24,25)26/h3-9H,10-11H2,1-2H3,(H,27,30). The molecule has 11 heteroatoms. The fourth-order valence-corrected chi connectivity index (χ4v) is 3.73. The van der Waals surface area contributed by atoms with Gasteiger partial charge in [0.25, 0.3) is 0 Å². The monoisotopic (exact) mass is 487 g/mol. The molecule has 6 nitrogen and oxygen atoms in total. The number of nitrogens with one attached hydrogen (secondary N) is 1. The molecule has 1 aliphatic heterocycles. The van der Waals surface area contributed by atoms with E-state index in [9.17, 15) is 22.8 Å². The van der Waals surface area contributed by atoms with Gasteiger partial charge in [0.15, 0.2) is 0 Å². The van der Waals surface area contributed by atoms with Gasteiger partial charge in [0.1, 0.15) is 12.0 Å². The fraction of sp³-hybridized carbons (Fsp3) is 0.286. The number of nitrogens with zero attached hydrogens (tertiary/aromatic N) is 2. The molecule has 0 saturated heterocycles. The van der Waals surface area contributed by atoms with Gasteiger partial charge in [0, 0.05) is 10.7 Å². The molecule has 1 atom stereocenters. The number of amides is 1. The van der Waals surface area contributed by atoms with E-state index in [2.05, 4.69) is 10.4 Å². The van der Waals surface area contributed by atoms with Gasteiger partial charge in [-0.25, -0.2) is 0 Å². The van der Waals surface area contributed by atoms with Crippen LogP contribution in [0.5, 0.6) is 0 Å². The highest BCUT2D eigenvalue weighted by Crippen LogP contribution is 2.36. The lowest BCUT2D eigenvalue weighted by Gasteiger charge is -2.23. The summed E-state index contributed by atoms with van der Waals surface area (Å²) in [4.78, 5) is 25.0. The molecule has 0 saturated carbocycles. The third kappa shape index (κ3) is 4.99. The Bertz CT molecular complexity index is 1070. The molecule has 32 heavy (non-hydrogen) atoms. The smallest absolute Gasteiger partial charge is 0.417 e. The number of benzene rings is 2. The van der Waals surface area contributed by atoms with Gasteiger partial charge in [-0.3, -0.25) is 14.6 Å². The zero-order valence-corrected chi connectivity index (χ0v) is 18.5. The van der Waals surface area contributed by atoms with E-state index in [0.29, 0.717) is 16.3 Å². The SMILES string of the molecule is COC(=O)C1(C)CN(CC(=O)Nc2ccc(Cl)c(C(F)(F)F)c2)N=C1c1ccc(Cl)cc1. The van der Waals surface area contributed by atoms with E-state index in [1.807, 2.05) is 0 Å². The van der Waals surface area contributed by atoms with E-state index in [-0.39, 0.29) is 18.8 Å². The molecule has 0 bridgehead atoms. The number of anilines is 1. The van der Waals surface area contributed by atoms with Gasteiger partial charge < -0.3 is 10.1 Å². The second-order valence-corrected chi connectivity index (χ2v) is 8.19. The molecule has 1 amide bonds. The number of hydrogen-bond acceptors (Lipinski definition) is 5. The maximum atomic E-state index is 13.0. The molecule has 0 aliphatic carbocycles. The van der Waals surface area contributed by atoms with Crippen LogP contribution in [0.4, 0.5) is 18.9 Å². The Hall–Kier alpha value is -2.78. The first-order valence-electron chi connectivity index (χ1n) is 9.29. The summed E-state index contributed by atoms with van der Waals surface area (Å²) in [6.07, 6.45) is -4.66. The summed E-state index contributed by atoms with van der Waals surface area (Å²) < 4.78 is 44.1. The van der Waals surface area contributed by atoms with Crippen LogP contribution in [0.2, 0.25) is 10.0 Å². The Labute approximate surface area is 191 Å². The predicted octanol–water partition coefficient (Wildman–Crippen LogP) is 4.85. The van der Waals surface area contributed by atoms with Gasteiger partial charge in [-0.15, -0.1) is 0 Å². The summed E-state index contributed by atoms with van der Waals surface area (Å²) in [6, 6.07) is 9.75. The van der Waals surface area contributed by atoms with Crippen LogP contribution in [-0.4, -0.2) is 42.8 Å². The highest BCUT2D eigenvalue weighted by atomic mass is 35.5. The number of rotatable bonds is 5. The van der Waals surface area contributed by atoms with Crippen molar-refractivity contribution >= 4 is 46.5 Å². The molecular formula is C21H18Cl2F3N3O3. The number of methoxy groups -OCH3 is 1. The van der Waals surface area contributed by atoms with Crippen molar-refractivity contribution in [1.82, 2.24) is 5.01 Å². The molecule has 0 spiro atoms. The summed E-state index contributed by atoms with van der Waals surface area (Å²) in [7, 11) is 1.25. The minimum Gasteiger partial charge on any atom is -0.468 e. The molecule has 3 rings (SSSR count). The van der Waals surface area contributed by atoms with E-state index in [0.717, 1.165) is 12.1 Å². The van der Waals surface area contributed by atoms with E-state index < -0.39 is 34.1 Å². The summed E-state index contributed by atoms with van der Waals surface area (Å²) in [5, 5.41) is 8.20. The van der Waals surface area contributed by atoms with E-state index in [4.69, 9.17) is 27.9 Å². The maximum Gasteiger partial charge on any atom is 0.417 e. The minimum absolute atomic E-state index is 0.0411. The van der Waals surface area contributed by atoms with Crippen LogP contribution < -0.4 is 5.32 Å². The summed E-state index contributed by atoms with van der Waals surface area (Å²) >= 11 is 11.5. The highest BCUT2D eigenvalue weighted by Gasteiger charge is 2.47. The van der Waals surface area contributed by atoms with Crippen LogP contribution in [0.25, 0.3) is 0 Å². The number of hydrazone groups is 1. The predicted molar refractivity (Wildman–Crippen MR) is 115 cm³/mol. The fourth-order valence-electron chi connectivity index (χ4n) is 3.38. The second kappa shape index (κ2) is 8.99. The van der Waals surface area contributed by atoms with Crippen LogP contribution in [0, 0.1) is 5.41 Å². The largest absolute Gasteiger partial charge is 0.468 e. The average Bonchev–Trinajstić information content (AvgIpc) is 3.05. The molecule has 0 radical (unpaired) electrons. The number of halogens is 5. The van der Waals surface area contributed by atoms with E-state index in [1.165, 1.54) is 18.2 Å². The Morgan fingerprint density at radius 3 is 2.44 bits per heavy atom. The van der Waals surface area contributed by atoms with E-state index >= 15 is 0 Å². The normalized spacial score (nSPS) is 18.3. The number of carbonyl (C=O) groups is 2. The average molecular weight is 488 g/mol. The van der Waals surface area contributed by atoms with Gasteiger partial charge in [0.05, 0.1) is 30.0 Å². The molecule has 0 aromatic heterocycles. The zero-order chi connectivity index (χ0) is 23.7. The Kier molecular flexibility index (Phi) is 6.71. The Morgan fingerprint density at radius 2 is 1.84 bits per heavy atom. The molecule has 0 fully saturated rings. The van der Waals surface area contributed by atoms with Crippen LogP contribution in [-0.2, 0) is 20.5 Å². The van der Waals surface area contributed by atoms with Gasteiger partial charge in [-0.2, -0.15) is 18.3 Å². The van der Waals surface area contributed by atoms with Gasteiger partial charge in [-0.1, -0.05) is 35.3 Å². The Balaban J connectivity index is 1.80. The molecule has 2 aromatic carbocycles. The van der Waals surface area contributed by atoms with Crippen molar-refractivity contribution in [1.29, 1.82) is 0 Å². The molecule has 2 aromatic rings. The lowest BCUT2D eigenvalue weighted by Crippen LogP contribution is -2.41. The summed E-state index contributed by atoms with van der Waals surface area (Å²) in [6.45, 7) is 1.38. The van der Waals surface area contributed by atoms with Crippen molar-refractivity contribution in [3.8, 4) is 0 Å². The zero-order valence-electron chi connectivity index (χ0n) is 17.0. The molecule has 170 valence electrons. The second-order valence-electron chi connectivity index (χ2n) is 7.34. The molecule has 1 N–H and O–H groups in total. The first kappa shape index (κ1) is 23.9. The number of hydrogen-bond donors (Lipinski definition) is 1. The number of carbonyl (C=O) groups excluding carboxylic acids is 2. The van der Waals surface area contributed by atoms with Crippen molar-refractivity contribution in [3.63, 3.8) is 0 Å². The lowest BCUT2D eigenvalue weighted by molar-refractivity contribution is -0.148. The molecular weight excluding hydrogens is 470 g/mol. The number of esters is 1. The van der Waals surface area contributed by atoms with Crippen molar-refractivity contribution in [2.75, 3.05) is 25.5 Å². The first-order valence-corrected chi connectivity index (χ1v) is 10.0. The lowest BCUT2D eigenvalue weighted by atomic mass is 9.82. The Morgan fingerprint density at radius 1 is 1.19 bits per heavy atom. The highest BCUT2D eigenvalue weighted by molar-refractivity contribution is 6.31. The topological polar surface area (TPSA) is 71.0 Å². The molecule has 1 unspecified atom stereocenters. The first-order chi connectivity index (χ1) is 14.9. The third-order valence-corrected chi connectivity index (χ3v) is 5.48. The summed E-state index contributed by atoms with van der Waals surface area (Å²) in [5.74, 6) is -1.16. The van der Waals surface area contributed by atoms with Gasteiger partial charge in [-0.05, 0) is 42.8 Å². The van der Waals surface area contributed by atoms with Crippen molar-refractivity contribution < 1.29 is 27.5 Å². The molecule has 1 aliphatic rings. The van der Waals surface area contributed by atoms with Crippen molar-refractivity contribution in [2.45, 2.75) is 13.1 Å². The van der Waals surface area contributed by atoms with Gasteiger partial charge >= 0.3 is 12.1 Å². The summed E-state index contributed by atoms with van der Waals surface area (Å²) in [5.41, 5.74) is -1.27. The van der Waals surface area contributed by atoms with Gasteiger partial charge in [0.2, 0.25) is 5.91 Å². The number of ether oxygens (including phenoxy) is 1. The van der Waals surface area contributed by atoms with Crippen LogP contribution in [0.1, 0.15) is 18.1 Å².